The first-order valence-corrected chi connectivity index (χ1v) is 9.57. The maximum absolute atomic E-state index is 2.40. The van der Waals surface area contributed by atoms with Gasteiger partial charge in [0.1, 0.15) is 0 Å². The zero-order chi connectivity index (χ0) is 19.1. The Morgan fingerprint density at radius 1 is 0.667 bits per heavy atom. The van der Waals surface area contributed by atoms with E-state index in [0.29, 0.717) is 0 Å². The van der Waals surface area contributed by atoms with Crippen molar-refractivity contribution < 1.29 is 58.9 Å². The molecule has 0 aliphatic rings. The summed E-state index contributed by atoms with van der Waals surface area (Å²) in [7, 11) is 0. The fourth-order valence-corrected chi connectivity index (χ4v) is 4.04. The van der Waals surface area contributed by atoms with Crippen molar-refractivity contribution in [3.63, 3.8) is 0 Å². The summed E-state index contributed by atoms with van der Waals surface area (Å²) < 4.78 is 0. The molecule has 0 atom stereocenters. The van der Waals surface area contributed by atoms with Gasteiger partial charge in [0.25, 0.3) is 0 Å². The van der Waals surface area contributed by atoms with Crippen LogP contribution >= 0.6 is 0 Å². The first-order valence-electron chi connectivity index (χ1n) is 9.57. The van der Waals surface area contributed by atoms with Crippen LogP contribution in [0.25, 0.3) is 0 Å². The van der Waals surface area contributed by atoms with Crippen LogP contribution < -0.4 is 37.2 Å². The van der Waals surface area contributed by atoms with Crippen LogP contribution in [0, 0.1) is 27.7 Å². The molecule has 30 heavy (non-hydrogen) atoms. The van der Waals surface area contributed by atoms with Crippen LogP contribution in [0.2, 0.25) is 0 Å². The second-order valence-electron chi connectivity index (χ2n) is 8.96. The quantitative estimate of drug-likeness (QED) is 0.294. The molecule has 0 spiro atoms. The van der Waals surface area contributed by atoms with Crippen LogP contribution in [-0.2, 0) is 27.1 Å². The Labute approximate surface area is 216 Å². The van der Waals surface area contributed by atoms with Gasteiger partial charge in [-0.25, -0.2) is 6.07 Å². The smallest absolute Gasteiger partial charge is 1.00 e. The average Bonchev–Trinajstić information content (AvgIpc) is 2.95. The molecule has 0 fully saturated rings. The van der Waals surface area contributed by atoms with Gasteiger partial charge in [0, 0.05) is 0 Å². The summed E-state index contributed by atoms with van der Waals surface area (Å²) in [5, 5.41) is 0. The summed E-state index contributed by atoms with van der Waals surface area (Å²) >= 11 is 0. The van der Waals surface area contributed by atoms with Crippen LogP contribution in [0.5, 0.6) is 0 Å². The van der Waals surface area contributed by atoms with Gasteiger partial charge in [-0.1, -0.05) is 84.8 Å². The molecular weight excluding hydrogens is 467 g/mol. The van der Waals surface area contributed by atoms with E-state index < -0.39 is 0 Å². The van der Waals surface area contributed by atoms with E-state index in [9.17, 15) is 0 Å². The fraction of sp³-hybridized carbons (Fsp3) is 0.346. The zero-order valence-corrected chi connectivity index (χ0v) is 22.7. The molecule has 0 aliphatic heterocycles. The van der Waals surface area contributed by atoms with E-state index in [4.69, 9.17) is 0 Å². The van der Waals surface area contributed by atoms with Gasteiger partial charge in [-0.3, -0.25) is 0 Å². The molecule has 3 aromatic carbocycles. The number of hydrogen-bond acceptors (Lipinski definition) is 0. The summed E-state index contributed by atoms with van der Waals surface area (Å²) in [6.07, 6.45) is 0. The van der Waals surface area contributed by atoms with Crippen molar-refractivity contribution in [2.45, 2.75) is 59.8 Å². The Bertz CT molecular complexity index is 844. The molecule has 3 rings (SSSR count). The fourth-order valence-electron chi connectivity index (χ4n) is 4.04. The topological polar surface area (TPSA) is 0 Å². The summed E-state index contributed by atoms with van der Waals surface area (Å²) in [5.74, 6) is 0.281. The Kier molecular flexibility index (Phi) is 13.1. The van der Waals surface area contributed by atoms with E-state index in [0.717, 1.165) is 0 Å². The monoisotopic (exact) mass is 496 g/mol. The largest absolute Gasteiger partial charge is 4.00 e. The van der Waals surface area contributed by atoms with E-state index >= 15 is 0 Å². The maximum atomic E-state index is 2.40. The second kappa shape index (κ2) is 12.4. The number of hydrogen-bond donors (Lipinski definition) is 0. The average molecular weight is 498 g/mol. The molecule has 0 unspecified atom stereocenters. The third-order valence-electron chi connectivity index (χ3n) is 5.13. The molecule has 0 saturated carbocycles. The van der Waals surface area contributed by atoms with E-state index in [1.165, 1.54) is 44.5 Å². The minimum Gasteiger partial charge on any atom is -1.00 e. The van der Waals surface area contributed by atoms with Gasteiger partial charge >= 0.3 is 21.7 Å². The first-order chi connectivity index (χ1) is 12.1. The Morgan fingerprint density at radius 3 is 1.33 bits per heavy atom. The Balaban J connectivity index is 0. The van der Waals surface area contributed by atoms with Crippen molar-refractivity contribution in [1.29, 1.82) is 0 Å². The van der Waals surface area contributed by atoms with Crippen LogP contribution in [0.4, 0.5) is 0 Å². The number of halogens is 3. The molecule has 4 heteroatoms. The molecule has 0 heterocycles. The third-order valence-corrected chi connectivity index (χ3v) is 5.13. The van der Waals surface area contributed by atoms with Crippen molar-refractivity contribution in [2.24, 2.45) is 0 Å². The van der Waals surface area contributed by atoms with E-state index in [-0.39, 0.29) is 70.3 Å². The predicted octanol–water partition coefficient (Wildman–Crippen LogP) is -1.87. The molecule has 0 radical (unpaired) electrons. The van der Waals surface area contributed by atoms with Crippen LogP contribution in [-0.4, -0.2) is 0 Å². The summed E-state index contributed by atoms with van der Waals surface area (Å²) in [6.45, 7) is 15.6. The van der Waals surface area contributed by atoms with Gasteiger partial charge in [-0.2, -0.15) is 17.7 Å². The van der Waals surface area contributed by atoms with Crippen molar-refractivity contribution in [3.05, 3.63) is 99.1 Å². The van der Waals surface area contributed by atoms with Crippen molar-refractivity contribution in [1.82, 2.24) is 0 Å². The van der Waals surface area contributed by atoms with Crippen LogP contribution in [0.1, 0.15) is 71.2 Å². The predicted molar refractivity (Wildman–Crippen MR) is 114 cm³/mol. The SMILES string of the molecule is Cc1cc(C)cc(C(c2cc(C)cc(C)c2)[c-]2ccc(C(C)(C)C)c2)c1.[Cl-].[Cl-].[Cl-].[Ti+4]. The van der Waals surface area contributed by atoms with Gasteiger partial charge in [-0.05, 0) is 44.7 Å². The zero-order valence-electron chi connectivity index (χ0n) is 18.9. The van der Waals surface area contributed by atoms with Crippen molar-refractivity contribution in [3.8, 4) is 0 Å². The van der Waals surface area contributed by atoms with E-state index in [1.807, 2.05) is 0 Å². The van der Waals surface area contributed by atoms with E-state index in [1.54, 1.807) is 0 Å². The van der Waals surface area contributed by atoms with E-state index in [2.05, 4.69) is 103 Å². The summed E-state index contributed by atoms with van der Waals surface area (Å²) in [5.41, 5.74) is 11.1. The number of benzene rings is 2. The number of aryl methyl sites for hydroxylation is 4. The first kappa shape index (κ1) is 31.6. The number of rotatable bonds is 3. The van der Waals surface area contributed by atoms with Gasteiger partial charge in [-0.15, -0.1) is 5.56 Å². The minimum atomic E-state index is 0. The molecule has 160 valence electrons. The molecule has 0 saturated heterocycles. The van der Waals surface area contributed by atoms with Gasteiger partial charge in [0.2, 0.25) is 0 Å². The van der Waals surface area contributed by atoms with Crippen LogP contribution in [0.3, 0.4) is 0 Å². The van der Waals surface area contributed by atoms with Gasteiger partial charge in [0.15, 0.2) is 0 Å². The van der Waals surface area contributed by atoms with Crippen molar-refractivity contribution >= 4 is 0 Å². The van der Waals surface area contributed by atoms with Crippen molar-refractivity contribution in [2.75, 3.05) is 0 Å². The molecule has 0 aliphatic carbocycles. The normalized spacial score (nSPS) is 10.4. The molecule has 0 aromatic heterocycles. The summed E-state index contributed by atoms with van der Waals surface area (Å²) in [6, 6.07) is 20.9. The molecule has 0 bridgehead atoms. The van der Waals surface area contributed by atoms with Crippen LogP contribution in [0.15, 0.2) is 54.6 Å². The molecule has 0 N–H and O–H groups in total. The standard InChI is InChI=1S/C26H31.3ClH.Ti/c1-17-10-18(2)13-22(12-17)25(23-14-19(3)11-20(4)15-23)21-8-9-24(16-21)26(5,6)7;;;;/h8-16,25H,1-7H3;3*1H;/q-1;;;;+4/p-3. The molecule has 0 amide bonds. The minimum absolute atomic E-state index is 0. The van der Waals surface area contributed by atoms with Gasteiger partial charge in [0.05, 0.1) is 0 Å². The molecule has 3 aromatic rings. The summed E-state index contributed by atoms with van der Waals surface area (Å²) in [4.78, 5) is 0. The molecule has 0 nitrogen and oxygen atoms in total. The second-order valence-corrected chi connectivity index (χ2v) is 8.96. The molecular formula is C26H31Cl3Ti. The Hall–Kier alpha value is -0.626. The van der Waals surface area contributed by atoms with Gasteiger partial charge < -0.3 is 37.2 Å². The Morgan fingerprint density at radius 2 is 1.03 bits per heavy atom. The maximum Gasteiger partial charge on any atom is 4.00 e. The third kappa shape index (κ3) is 7.50.